The molecule has 4 rings (SSSR count). The van der Waals surface area contributed by atoms with Gasteiger partial charge < -0.3 is 19.7 Å². The van der Waals surface area contributed by atoms with E-state index >= 15 is 0 Å². The van der Waals surface area contributed by atoms with Gasteiger partial charge in [0.25, 0.3) is 0 Å². The number of aromatic amines is 1. The lowest BCUT2D eigenvalue weighted by Gasteiger charge is -2.29. The molecule has 1 saturated heterocycles. The number of anilines is 1. The maximum absolute atomic E-state index is 14.7. The molecule has 0 saturated carbocycles. The molecule has 0 bridgehead atoms. The molecule has 0 spiro atoms. The minimum absolute atomic E-state index is 0.0392. The smallest absolute Gasteiger partial charge is 0.190 e. The fourth-order valence-corrected chi connectivity index (χ4v) is 3.18. The van der Waals surface area contributed by atoms with Crippen molar-refractivity contribution >= 4 is 16.7 Å². The van der Waals surface area contributed by atoms with E-state index in [4.69, 9.17) is 4.74 Å². The molecule has 2 aromatic heterocycles. The summed E-state index contributed by atoms with van der Waals surface area (Å²) in [5.74, 6) is -1.35. The van der Waals surface area contributed by atoms with Gasteiger partial charge in [0.2, 0.25) is 0 Å². The number of pyridine rings is 1. The minimum Gasteiger partial charge on any atom is -0.495 e. The molecule has 3 heterocycles. The Kier molecular flexibility index (Phi) is 3.80. The van der Waals surface area contributed by atoms with E-state index in [1.54, 1.807) is 13.0 Å². The first-order valence-electron chi connectivity index (χ1n) is 8.04. The Morgan fingerprint density at radius 2 is 1.80 bits per heavy atom. The van der Waals surface area contributed by atoms with E-state index < -0.39 is 11.6 Å². The third-order valence-corrected chi connectivity index (χ3v) is 4.42. The second-order valence-corrected chi connectivity index (χ2v) is 6.13. The van der Waals surface area contributed by atoms with Crippen molar-refractivity contribution in [2.45, 2.75) is 6.92 Å². The molecule has 0 aliphatic carbocycles. The Morgan fingerprint density at radius 1 is 1.12 bits per heavy atom. The third-order valence-electron chi connectivity index (χ3n) is 4.42. The second-order valence-electron chi connectivity index (χ2n) is 6.13. The van der Waals surface area contributed by atoms with Crippen LogP contribution in [0.2, 0.25) is 0 Å². The van der Waals surface area contributed by atoms with Crippen LogP contribution in [0.1, 0.15) is 5.56 Å². The van der Waals surface area contributed by atoms with Gasteiger partial charge in [-0.2, -0.15) is 0 Å². The van der Waals surface area contributed by atoms with Gasteiger partial charge in [0.15, 0.2) is 5.88 Å². The largest absolute Gasteiger partial charge is 0.495 e. The summed E-state index contributed by atoms with van der Waals surface area (Å²) >= 11 is 0. The first-order chi connectivity index (χ1) is 12.0. The molecule has 1 fully saturated rings. The van der Waals surface area contributed by atoms with Gasteiger partial charge in [-0.25, -0.2) is 13.8 Å². The summed E-state index contributed by atoms with van der Waals surface area (Å²) in [6, 6.07) is 5.82. The number of nitrogens with zero attached hydrogens (tertiary/aromatic N) is 2. The molecule has 0 unspecified atom stereocenters. The molecule has 2 N–H and O–H groups in total. The van der Waals surface area contributed by atoms with Crippen molar-refractivity contribution in [2.75, 3.05) is 31.2 Å². The van der Waals surface area contributed by atoms with E-state index in [9.17, 15) is 13.9 Å². The summed E-state index contributed by atoms with van der Waals surface area (Å²) in [4.78, 5) is 8.97. The van der Waals surface area contributed by atoms with Crippen molar-refractivity contribution in [1.29, 1.82) is 0 Å². The van der Waals surface area contributed by atoms with E-state index in [0.717, 1.165) is 0 Å². The van der Waals surface area contributed by atoms with Crippen molar-refractivity contribution in [3.63, 3.8) is 0 Å². The predicted octanol–water partition coefficient (Wildman–Crippen LogP) is 3.36. The highest BCUT2D eigenvalue weighted by Gasteiger charge is 2.20. The van der Waals surface area contributed by atoms with Crippen LogP contribution in [0.25, 0.3) is 22.3 Å². The second kappa shape index (κ2) is 6.00. The predicted molar refractivity (Wildman–Crippen MR) is 90.9 cm³/mol. The Bertz CT molecular complexity index is 926. The molecule has 0 amide bonds. The zero-order chi connectivity index (χ0) is 17.6. The first kappa shape index (κ1) is 15.8. The number of fused-ring (bicyclic) bond motifs is 1. The molecule has 130 valence electrons. The topological polar surface area (TPSA) is 61.4 Å². The van der Waals surface area contributed by atoms with Crippen molar-refractivity contribution in [2.24, 2.45) is 0 Å². The molecule has 1 aliphatic rings. The number of nitrogens with one attached hydrogen (secondary N) is 1. The van der Waals surface area contributed by atoms with Gasteiger partial charge in [-0.3, -0.25) is 0 Å². The summed E-state index contributed by atoms with van der Waals surface area (Å²) in [6.45, 7) is 4.02. The average molecular weight is 345 g/mol. The quantitative estimate of drug-likeness (QED) is 0.748. The van der Waals surface area contributed by atoms with E-state index in [1.807, 2.05) is 4.90 Å². The number of rotatable bonds is 2. The van der Waals surface area contributed by atoms with Gasteiger partial charge in [0, 0.05) is 24.8 Å². The van der Waals surface area contributed by atoms with Crippen LogP contribution in [-0.2, 0) is 4.74 Å². The number of aromatic nitrogens is 2. The monoisotopic (exact) mass is 345 g/mol. The first-order valence-corrected chi connectivity index (χ1v) is 8.04. The molecule has 5 nitrogen and oxygen atoms in total. The van der Waals surface area contributed by atoms with Gasteiger partial charge in [0.1, 0.15) is 11.6 Å². The summed E-state index contributed by atoms with van der Waals surface area (Å²) in [6.07, 6.45) is 0. The number of H-pyrrole nitrogens is 1. The Balaban J connectivity index is 1.81. The summed E-state index contributed by atoms with van der Waals surface area (Å²) in [7, 11) is 0. The zero-order valence-electron chi connectivity index (χ0n) is 13.6. The molecule has 0 atom stereocenters. The number of hydrogen-bond acceptors (Lipinski definition) is 4. The average Bonchev–Trinajstić information content (AvgIpc) is 2.94. The van der Waals surface area contributed by atoms with Gasteiger partial charge in [-0.15, -0.1) is 0 Å². The van der Waals surface area contributed by atoms with E-state index in [1.165, 1.54) is 18.2 Å². The lowest BCUT2D eigenvalue weighted by atomic mass is 10.0. The van der Waals surface area contributed by atoms with Crippen molar-refractivity contribution in [3.8, 4) is 17.1 Å². The van der Waals surface area contributed by atoms with Crippen molar-refractivity contribution in [1.82, 2.24) is 9.97 Å². The zero-order valence-corrected chi connectivity index (χ0v) is 13.6. The van der Waals surface area contributed by atoms with Crippen molar-refractivity contribution in [3.05, 3.63) is 41.5 Å². The maximum Gasteiger partial charge on any atom is 0.190 e. The molecule has 0 radical (unpaired) electrons. The SMILES string of the molecule is Cc1cc2[nH]c(O)cc2nc1-c1c(F)cc(N2CCOCC2)cc1F. The van der Waals surface area contributed by atoms with Gasteiger partial charge in [-0.05, 0) is 30.7 Å². The molecule has 7 heteroatoms. The Morgan fingerprint density at radius 3 is 2.48 bits per heavy atom. The maximum atomic E-state index is 14.7. The van der Waals surface area contributed by atoms with Crippen LogP contribution in [0.5, 0.6) is 5.88 Å². The van der Waals surface area contributed by atoms with Crippen LogP contribution in [0.3, 0.4) is 0 Å². The van der Waals surface area contributed by atoms with E-state index in [0.29, 0.717) is 48.6 Å². The number of benzene rings is 1. The highest BCUT2D eigenvalue weighted by atomic mass is 19.1. The lowest BCUT2D eigenvalue weighted by Crippen LogP contribution is -2.36. The summed E-state index contributed by atoms with van der Waals surface area (Å²) in [5, 5.41) is 9.54. The highest BCUT2D eigenvalue weighted by molar-refractivity contribution is 5.82. The van der Waals surface area contributed by atoms with Gasteiger partial charge in [0.05, 0.1) is 35.5 Å². The normalized spacial score (nSPS) is 15.1. The van der Waals surface area contributed by atoms with Gasteiger partial charge >= 0.3 is 0 Å². The number of aryl methyl sites for hydroxylation is 1. The molecule has 1 aromatic carbocycles. The number of morpholine rings is 1. The molecular weight excluding hydrogens is 328 g/mol. The molecule has 1 aliphatic heterocycles. The standard InChI is InChI=1S/C18H17F2N3O2/c1-10-6-14-15(9-16(24)21-14)22-18(10)17-12(19)7-11(8-13(17)20)23-2-4-25-5-3-23/h6-9,21,24H,2-5H2,1H3. The fraction of sp³-hybridized carbons (Fsp3) is 0.278. The molecule has 3 aromatic rings. The molecule has 25 heavy (non-hydrogen) atoms. The van der Waals surface area contributed by atoms with E-state index in [2.05, 4.69) is 9.97 Å². The third kappa shape index (κ3) is 2.80. The lowest BCUT2D eigenvalue weighted by molar-refractivity contribution is 0.122. The molecular formula is C18H17F2N3O2. The van der Waals surface area contributed by atoms with E-state index in [-0.39, 0.29) is 17.1 Å². The summed E-state index contributed by atoms with van der Waals surface area (Å²) < 4.78 is 34.8. The fourth-order valence-electron chi connectivity index (χ4n) is 3.18. The van der Waals surface area contributed by atoms with Crippen LogP contribution in [0.15, 0.2) is 24.3 Å². The number of hydrogen-bond donors (Lipinski definition) is 2. The Labute approximate surface area is 142 Å². The van der Waals surface area contributed by atoms with Crippen molar-refractivity contribution < 1.29 is 18.6 Å². The Hall–Kier alpha value is -2.67. The van der Waals surface area contributed by atoms with Gasteiger partial charge in [-0.1, -0.05) is 0 Å². The number of aromatic hydroxyl groups is 1. The van der Waals surface area contributed by atoms with Crippen LogP contribution >= 0.6 is 0 Å². The minimum atomic E-state index is -0.656. The number of halogens is 2. The number of ether oxygens (including phenoxy) is 1. The highest BCUT2D eigenvalue weighted by Crippen LogP contribution is 2.33. The van der Waals surface area contributed by atoms with Crippen LogP contribution in [-0.4, -0.2) is 41.4 Å². The van der Waals surface area contributed by atoms with Crippen LogP contribution < -0.4 is 4.90 Å². The van der Waals surface area contributed by atoms with Crippen LogP contribution in [0, 0.1) is 18.6 Å². The van der Waals surface area contributed by atoms with Crippen LogP contribution in [0.4, 0.5) is 14.5 Å². The summed E-state index contributed by atoms with van der Waals surface area (Å²) in [5.41, 5.74) is 2.26.